The zero-order valence-corrected chi connectivity index (χ0v) is 8.33. The molecule has 0 fully saturated rings. The van der Waals surface area contributed by atoms with E-state index in [4.69, 9.17) is 15.9 Å². The molecule has 0 saturated heterocycles. The number of aliphatic hydroxyl groups excluding tert-OH is 2. The number of nitrogens with one attached hydrogen (secondary N) is 1. The molecule has 0 aliphatic rings. The number of nitrogen functional groups attached to an aromatic ring is 1. The van der Waals surface area contributed by atoms with Crippen LogP contribution in [-0.2, 0) is 0 Å². The molecule has 1 atom stereocenters. The number of aliphatic hydroxyl groups is 2. The van der Waals surface area contributed by atoms with E-state index >= 15 is 0 Å². The van der Waals surface area contributed by atoms with Gasteiger partial charge in [0, 0.05) is 6.54 Å². The van der Waals surface area contributed by atoms with Crippen molar-refractivity contribution in [2.24, 2.45) is 0 Å². The van der Waals surface area contributed by atoms with Crippen LogP contribution in [0.3, 0.4) is 0 Å². The molecule has 1 unspecified atom stereocenters. The second-order valence-electron chi connectivity index (χ2n) is 3.11. The van der Waals surface area contributed by atoms with Gasteiger partial charge in [0.15, 0.2) is 0 Å². The lowest BCUT2D eigenvalue weighted by Gasteiger charge is -2.09. The lowest BCUT2D eigenvalue weighted by atomic mass is 10.3. The van der Waals surface area contributed by atoms with Gasteiger partial charge in [-0.25, -0.2) is 4.98 Å². The standard InChI is InChI=1S/C8H12N4O4/c9-7-1-5(12(15)16)2-8(11-7)10-3-6(14)4-13/h1-2,6,13-14H,3-4H2,(H3,9,10,11). The van der Waals surface area contributed by atoms with E-state index in [1.807, 2.05) is 0 Å². The van der Waals surface area contributed by atoms with E-state index in [0.29, 0.717) is 0 Å². The van der Waals surface area contributed by atoms with Crippen molar-refractivity contribution in [2.75, 3.05) is 24.2 Å². The summed E-state index contributed by atoms with van der Waals surface area (Å²) in [6.45, 7) is -0.373. The fraction of sp³-hybridized carbons (Fsp3) is 0.375. The van der Waals surface area contributed by atoms with E-state index in [-0.39, 0.29) is 23.9 Å². The number of nitrogens with zero attached hydrogens (tertiary/aromatic N) is 2. The van der Waals surface area contributed by atoms with Crippen molar-refractivity contribution in [3.63, 3.8) is 0 Å². The molecule has 0 bridgehead atoms. The SMILES string of the molecule is Nc1cc([N+](=O)[O-])cc(NCC(O)CO)n1. The number of hydrogen-bond acceptors (Lipinski definition) is 7. The average Bonchev–Trinajstić information content (AvgIpc) is 2.25. The molecule has 0 aromatic carbocycles. The molecular formula is C8H12N4O4. The zero-order chi connectivity index (χ0) is 12.1. The molecule has 1 rings (SSSR count). The third-order valence-electron chi connectivity index (χ3n) is 1.77. The second kappa shape index (κ2) is 5.24. The average molecular weight is 228 g/mol. The van der Waals surface area contributed by atoms with Crippen molar-refractivity contribution in [1.29, 1.82) is 0 Å². The third kappa shape index (κ3) is 3.33. The van der Waals surface area contributed by atoms with Crippen molar-refractivity contribution in [3.8, 4) is 0 Å². The Morgan fingerprint density at radius 2 is 2.31 bits per heavy atom. The molecule has 0 spiro atoms. The molecule has 0 aliphatic carbocycles. The summed E-state index contributed by atoms with van der Waals surface area (Å²) in [5.41, 5.74) is 5.18. The van der Waals surface area contributed by atoms with Gasteiger partial charge in [0.2, 0.25) is 0 Å². The lowest BCUT2D eigenvalue weighted by molar-refractivity contribution is -0.384. The van der Waals surface area contributed by atoms with Crippen LogP contribution in [0, 0.1) is 10.1 Å². The minimum absolute atomic E-state index is 0.00943. The Labute approximate surface area is 90.9 Å². The normalized spacial score (nSPS) is 12.1. The van der Waals surface area contributed by atoms with Crippen molar-refractivity contribution in [3.05, 3.63) is 22.2 Å². The van der Waals surface area contributed by atoms with Gasteiger partial charge in [-0.15, -0.1) is 0 Å². The first-order valence-electron chi connectivity index (χ1n) is 4.47. The molecule has 0 amide bonds. The van der Waals surface area contributed by atoms with Crippen LogP contribution in [-0.4, -0.2) is 39.4 Å². The van der Waals surface area contributed by atoms with Gasteiger partial charge < -0.3 is 21.3 Å². The van der Waals surface area contributed by atoms with Crippen LogP contribution in [0.2, 0.25) is 0 Å². The minimum atomic E-state index is -0.956. The third-order valence-corrected chi connectivity index (χ3v) is 1.77. The summed E-state index contributed by atoms with van der Waals surface area (Å²) < 4.78 is 0. The van der Waals surface area contributed by atoms with E-state index in [1.165, 1.54) is 6.07 Å². The molecule has 5 N–H and O–H groups in total. The first-order chi connectivity index (χ1) is 7.52. The lowest BCUT2D eigenvalue weighted by Crippen LogP contribution is -2.23. The number of pyridine rings is 1. The summed E-state index contributed by atoms with van der Waals surface area (Å²) in [4.78, 5) is 13.7. The monoisotopic (exact) mass is 228 g/mol. The van der Waals surface area contributed by atoms with Gasteiger partial charge in [-0.1, -0.05) is 0 Å². The maximum Gasteiger partial charge on any atom is 0.276 e. The molecule has 88 valence electrons. The molecule has 0 saturated carbocycles. The summed E-state index contributed by atoms with van der Waals surface area (Å²) in [5.74, 6) is 0.189. The Hall–Kier alpha value is -1.93. The largest absolute Gasteiger partial charge is 0.394 e. The quantitative estimate of drug-likeness (QED) is 0.388. The summed E-state index contributed by atoms with van der Waals surface area (Å²) in [7, 11) is 0. The van der Waals surface area contributed by atoms with Gasteiger partial charge in [0.1, 0.15) is 11.6 Å². The van der Waals surface area contributed by atoms with Crippen LogP contribution in [0.25, 0.3) is 0 Å². The first-order valence-corrected chi connectivity index (χ1v) is 4.47. The van der Waals surface area contributed by atoms with Crippen LogP contribution in [0.5, 0.6) is 0 Å². The highest BCUT2D eigenvalue weighted by Crippen LogP contribution is 2.18. The molecule has 1 heterocycles. The number of nitro groups is 1. The van der Waals surface area contributed by atoms with Crippen molar-refractivity contribution < 1.29 is 15.1 Å². The highest BCUT2D eigenvalue weighted by atomic mass is 16.6. The minimum Gasteiger partial charge on any atom is -0.394 e. The zero-order valence-electron chi connectivity index (χ0n) is 8.33. The van der Waals surface area contributed by atoms with Crippen LogP contribution >= 0.6 is 0 Å². The molecule has 0 aliphatic heterocycles. The van der Waals surface area contributed by atoms with E-state index in [1.54, 1.807) is 0 Å². The van der Waals surface area contributed by atoms with Crippen LogP contribution in [0.1, 0.15) is 0 Å². The molecule has 8 nitrogen and oxygen atoms in total. The van der Waals surface area contributed by atoms with Gasteiger partial charge in [-0.3, -0.25) is 10.1 Å². The van der Waals surface area contributed by atoms with Gasteiger partial charge in [0.25, 0.3) is 5.69 Å². The van der Waals surface area contributed by atoms with Gasteiger partial charge in [0.05, 0.1) is 29.8 Å². The van der Waals surface area contributed by atoms with Crippen molar-refractivity contribution in [2.45, 2.75) is 6.10 Å². The van der Waals surface area contributed by atoms with Crippen molar-refractivity contribution >= 4 is 17.3 Å². The highest BCUT2D eigenvalue weighted by Gasteiger charge is 2.10. The molecule has 16 heavy (non-hydrogen) atoms. The fourth-order valence-electron chi connectivity index (χ4n) is 1.02. The summed E-state index contributed by atoms with van der Waals surface area (Å²) in [6.07, 6.45) is -0.956. The Balaban J connectivity index is 2.76. The number of aromatic nitrogens is 1. The first kappa shape index (κ1) is 12.1. The van der Waals surface area contributed by atoms with Crippen LogP contribution in [0.4, 0.5) is 17.3 Å². The maximum absolute atomic E-state index is 10.5. The van der Waals surface area contributed by atoms with Gasteiger partial charge in [-0.05, 0) is 0 Å². The maximum atomic E-state index is 10.5. The second-order valence-corrected chi connectivity index (χ2v) is 3.11. The predicted molar refractivity (Wildman–Crippen MR) is 56.9 cm³/mol. The number of rotatable bonds is 5. The van der Waals surface area contributed by atoms with E-state index < -0.39 is 17.6 Å². The molecule has 0 radical (unpaired) electrons. The Bertz CT molecular complexity index is 384. The van der Waals surface area contributed by atoms with Gasteiger partial charge >= 0.3 is 0 Å². The summed E-state index contributed by atoms with van der Waals surface area (Å²) >= 11 is 0. The van der Waals surface area contributed by atoms with Crippen LogP contribution in [0.15, 0.2) is 12.1 Å². The Kier molecular flexibility index (Phi) is 3.97. The molecule has 1 aromatic heterocycles. The van der Waals surface area contributed by atoms with Crippen LogP contribution < -0.4 is 11.1 Å². The summed E-state index contributed by atoms with van der Waals surface area (Å²) in [6, 6.07) is 2.33. The van der Waals surface area contributed by atoms with Gasteiger partial charge in [-0.2, -0.15) is 0 Å². The fourth-order valence-corrected chi connectivity index (χ4v) is 1.02. The molecule has 8 heteroatoms. The van der Waals surface area contributed by atoms with E-state index in [2.05, 4.69) is 10.3 Å². The number of nitrogens with two attached hydrogens (primary N) is 1. The number of anilines is 2. The van der Waals surface area contributed by atoms with Crippen molar-refractivity contribution in [1.82, 2.24) is 4.98 Å². The summed E-state index contributed by atoms with van der Waals surface area (Å²) in [5, 5.41) is 30.8. The smallest absolute Gasteiger partial charge is 0.276 e. The van der Waals surface area contributed by atoms with E-state index in [0.717, 1.165) is 6.07 Å². The molecular weight excluding hydrogens is 216 g/mol. The topological polar surface area (TPSA) is 135 Å². The highest BCUT2D eigenvalue weighted by molar-refractivity contribution is 5.52. The predicted octanol–water partition coefficient (Wildman–Crippen LogP) is -0.663. The molecule has 1 aromatic rings. The Morgan fingerprint density at radius 3 is 2.88 bits per heavy atom. The Morgan fingerprint density at radius 1 is 1.62 bits per heavy atom. The number of hydrogen-bond donors (Lipinski definition) is 4. The van der Waals surface area contributed by atoms with E-state index in [9.17, 15) is 10.1 Å².